The summed E-state index contributed by atoms with van der Waals surface area (Å²) < 4.78 is 4.10. The third-order valence-corrected chi connectivity index (χ3v) is 3.16. The SMILES string of the molecule is C=C=N[Si](CC)CC. The standard InChI is InChI=1S/C6H12NSi/c1-4-7-8(5-2)6-3/h1,5-6H2,2-3H3. The van der Waals surface area contributed by atoms with Crippen molar-refractivity contribution in [2.75, 3.05) is 0 Å². The second kappa shape index (κ2) is 4.82. The number of hydrogen-bond donors (Lipinski definition) is 0. The summed E-state index contributed by atoms with van der Waals surface area (Å²) >= 11 is 0. The van der Waals surface area contributed by atoms with E-state index in [0.29, 0.717) is 0 Å². The van der Waals surface area contributed by atoms with Gasteiger partial charge in [-0.05, 0) is 24.5 Å². The second-order valence-corrected chi connectivity index (χ2v) is 4.31. The third kappa shape index (κ3) is 2.78. The highest BCUT2D eigenvalue weighted by Gasteiger charge is 2.00. The van der Waals surface area contributed by atoms with Gasteiger partial charge >= 0.3 is 0 Å². The van der Waals surface area contributed by atoms with Gasteiger partial charge in [0.05, 0.1) is 0 Å². The highest BCUT2D eigenvalue weighted by molar-refractivity contribution is 6.57. The van der Waals surface area contributed by atoms with Crippen LogP contribution in [0, 0.1) is 0 Å². The molecule has 1 radical (unpaired) electrons. The molecule has 8 heavy (non-hydrogen) atoms. The van der Waals surface area contributed by atoms with Crippen LogP contribution in [0.15, 0.2) is 11.2 Å². The molecule has 0 bridgehead atoms. The average Bonchev–Trinajstić information content (AvgIpc) is 1.83. The topological polar surface area (TPSA) is 12.4 Å². The molecule has 0 amide bonds. The molecular formula is C6H12NSi. The smallest absolute Gasteiger partial charge is 0.209 e. The van der Waals surface area contributed by atoms with Crippen molar-refractivity contribution < 1.29 is 0 Å². The van der Waals surface area contributed by atoms with Crippen LogP contribution in [0.3, 0.4) is 0 Å². The minimum atomic E-state index is -0.423. The predicted octanol–water partition coefficient (Wildman–Crippen LogP) is 1.87. The number of nitrogens with zero attached hydrogens (tertiary/aromatic N) is 1. The molecule has 0 aromatic rings. The first kappa shape index (κ1) is 7.67. The van der Waals surface area contributed by atoms with E-state index in [0.717, 1.165) is 0 Å². The maximum atomic E-state index is 4.10. The Morgan fingerprint density at radius 3 is 2.12 bits per heavy atom. The van der Waals surface area contributed by atoms with Crippen molar-refractivity contribution in [2.45, 2.75) is 25.9 Å². The molecule has 0 atom stereocenters. The van der Waals surface area contributed by atoms with Gasteiger partial charge in [-0.1, -0.05) is 13.8 Å². The van der Waals surface area contributed by atoms with Crippen LogP contribution in [-0.4, -0.2) is 14.8 Å². The molecule has 0 N–H and O–H groups in total. The van der Waals surface area contributed by atoms with Gasteiger partial charge in [0.1, 0.15) is 0 Å². The molecule has 0 aliphatic heterocycles. The van der Waals surface area contributed by atoms with E-state index in [1.807, 2.05) is 0 Å². The van der Waals surface area contributed by atoms with Crippen LogP contribution in [0.5, 0.6) is 0 Å². The Kier molecular flexibility index (Phi) is 4.62. The van der Waals surface area contributed by atoms with Gasteiger partial charge in [-0.15, -0.1) is 0 Å². The zero-order valence-corrected chi connectivity index (χ0v) is 6.57. The molecular weight excluding hydrogens is 114 g/mol. The van der Waals surface area contributed by atoms with Crippen LogP contribution in [0.25, 0.3) is 0 Å². The van der Waals surface area contributed by atoms with Crippen molar-refractivity contribution in [1.29, 1.82) is 0 Å². The fraction of sp³-hybridized carbons (Fsp3) is 0.667. The Morgan fingerprint density at radius 2 is 2.00 bits per heavy atom. The van der Waals surface area contributed by atoms with Gasteiger partial charge in [-0.25, -0.2) is 0 Å². The van der Waals surface area contributed by atoms with E-state index < -0.39 is 8.96 Å². The summed E-state index contributed by atoms with van der Waals surface area (Å²) in [6.45, 7) is 7.76. The lowest BCUT2D eigenvalue weighted by molar-refractivity contribution is 1.29. The third-order valence-electron chi connectivity index (χ3n) is 1.05. The summed E-state index contributed by atoms with van der Waals surface area (Å²) in [5.74, 6) is 2.59. The van der Waals surface area contributed by atoms with E-state index in [4.69, 9.17) is 0 Å². The first-order chi connectivity index (χ1) is 3.85. The van der Waals surface area contributed by atoms with Gasteiger partial charge < -0.3 is 0 Å². The fourth-order valence-corrected chi connectivity index (χ4v) is 1.56. The lowest BCUT2D eigenvalue weighted by Gasteiger charge is -1.96. The molecule has 0 rings (SSSR count). The average molecular weight is 126 g/mol. The van der Waals surface area contributed by atoms with Crippen molar-refractivity contribution in [3.05, 3.63) is 6.58 Å². The quantitative estimate of drug-likeness (QED) is 0.404. The van der Waals surface area contributed by atoms with E-state index in [2.05, 4.69) is 31.0 Å². The van der Waals surface area contributed by atoms with E-state index in [1.54, 1.807) is 0 Å². The minimum Gasteiger partial charge on any atom is -0.285 e. The lowest BCUT2D eigenvalue weighted by atomic mass is 10.9. The molecule has 0 unspecified atom stereocenters. The van der Waals surface area contributed by atoms with Gasteiger partial charge in [0, 0.05) is 0 Å². The molecule has 0 aromatic carbocycles. The molecule has 0 aromatic heterocycles. The summed E-state index contributed by atoms with van der Waals surface area (Å²) in [4.78, 5) is 0. The van der Waals surface area contributed by atoms with E-state index in [1.165, 1.54) is 12.1 Å². The Bertz CT molecular complexity index is 90.7. The summed E-state index contributed by atoms with van der Waals surface area (Å²) in [7, 11) is -0.423. The Hall–Kier alpha value is -0.333. The summed E-state index contributed by atoms with van der Waals surface area (Å²) in [6, 6.07) is 2.40. The van der Waals surface area contributed by atoms with Crippen molar-refractivity contribution in [3.63, 3.8) is 0 Å². The zero-order valence-electron chi connectivity index (χ0n) is 5.57. The van der Waals surface area contributed by atoms with Crippen LogP contribution in [-0.2, 0) is 0 Å². The van der Waals surface area contributed by atoms with Gasteiger partial charge in [0.25, 0.3) is 0 Å². The fourth-order valence-electron chi connectivity index (χ4n) is 0.520. The van der Waals surface area contributed by atoms with E-state index in [-0.39, 0.29) is 0 Å². The van der Waals surface area contributed by atoms with Crippen LogP contribution in [0.4, 0.5) is 0 Å². The normalized spacial score (nSPS) is 8.88. The second-order valence-electron chi connectivity index (χ2n) is 1.54. The van der Waals surface area contributed by atoms with Gasteiger partial charge in [-0.2, -0.15) is 0 Å². The molecule has 1 nitrogen and oxygen atoms in total. The summed E-state index contributed by atoms with van der Waals surface area (Å²) in [6.07, 6.45) is 0. The molecule has 0 saturated heterocycles. The monoisotopic (exact) mass is 126 g/mol. The maximum Gasteiger partial charge on any atom is 0.209 e. The minimum absolute atomic E-state index is 0.423. The first-order valence-electron chi connectivity index (χ1n) is 2.92. The molecule has 0 aliphatic rings. The van der Waals surface area contributed by atoms with Gasteiger partial charge in [0.15, 0.2) is 0 Å². The molecule has 0 spiro atoms. The highest BCUT2D eigenvalue weighted by Crippen LogP contribution is 1.96. The zero-order chi connectivity index (χ0) is 6.41. The number of hydrogen-bond acceptors (Lipinski definition) is 1. The first-order valence-corrected chi connectivity index (χ1v) is 4.78. The summed E-state index contributed by atoms with van der Waals surface area (Å²) in [5, 5.41) is 0. The molecule has 2 heteroatoms. The molecule has 45 valence electrons. The van der Waals surface area contributed by atoms with Crippen molar-refractivity contribution >= 4 is 14.8 Å². The van der Waals surface area contributed by atoms with Crippen molar-refractivity contribution in [1.82, 2.24) is 0 Å². The predicted molar refractivity (Wildman–Crippen MR) is 39.8 cm³/mol. The van der Waals surface area contributed by atoms with E-state index in [9.17, 15) is 0 Å². The Morgan fingerprint density at radius 1 is 1.50 bits per heavy atom. The Balaban J connectivity index is 3.52. The largest absolute Gasteiger partial charge is 0.285 e. The van der Waals surface area contributed by atoms with Crippen molar-refractivity contribution in [3.8, 4) is 0 Å². The molecule has 0 saturated carbocycles. The Labute approximate surface area is 52.8 Å². The molecule has 0 aliphatic carbocycles. The van der Waals surface area contributed by atoms with E-state index >= 15 is 0 Å². The maximum absolute atomic E-state index is 4.10. The van der Waals surface area contributed by atoms with Gasteiger partial charge in [-0.3, -0.25) is 4.66 Å². The van der Waals surface area contributed by atoms with Crippen LogP contribution in [0.1, 0.15) is 13.8 Å². The van der Waals surface area contributed by atoms with Crippen LogP contribution in [0.2, 0.25) is 12.1 Å². The van der Waals surface area contributed by atoms with Crippen LogP contribution < -0.4 is 0 Å². The summed E-state index contributed by atoms with van der Waals surface area (Å²) in [5.41, 5.74) is 0. The number of rotatable bonds is 3. The highest BCUT2D eigenvalue weighted by atomic mass is 28.3. The molecule has 0 heterocycles. The van der Waals surface area contributed by atoms with Gasteiger partial charge in [0.2, 0.25) is 8.96 Å². The lowest BCUT2D eigenvalue weighted by Crippen LogP contribution is -2.03. The molecule has 0 fully saturated rings. The van der Waals surface area contributed by atoms with Crippen LogP contribution >= 0.6 is 0 Å². The van der Waals surface area contributed by atoms with Crippen molar-refractivity contribution in [2.24, 2.45) is 4.66 Å².